The average molecular weight is 389 g/mol. The van der Waals surface area contributed by atoms with Crippen molar-refractivity contribution in [2.45, 2.75) is 110 Å². The van der Waals surface area contributed by atoms with Crippen LogP contribution in [0.3, 0.4) is 0 Å². The van der Waals surface area contributed by atoms with Gasteiger partial charge in [-0.1, -0.05) is 59.8 Å². The lowest BCUT2D eigenvalue weighted by Gasteiger charge is -2.51. The van der Waals surface area contributed by atoms with Crippen LogP contribution in [0.25, 0.3) is 0 Å². The Kier molecular flexibility index (Phi) is 5.52. The van der Waals surface area contributed by atoms with Crippen molar-refractivity contribution < 1.29 is 9.90 Å². The maximum absolute atomic E-state index is 12.4. The van der Waals surface area contributed by atoms with Crippen LogP contribution in [0.5, 0.6) is 0 Å². The Morgan fingerprint density at radius 2 is 1.75 bits per heavy atom. The number of aldehydes is 1. The van der Waals surface area contributed by atoms with Crippen molar-refractivity contribution in [3.05, 3.63) is 0 Å². The summed E-state index contributed by atoms with van der Waals surface area (Å²) < 4.78 is 0. The number of carbonyl (C=O) groups excluding carboxylic acids is 1. The highest BCUT2D eigenvalue weighted by molar-refractivity contribution is 5.59. The van der Waals surface area contributed by atoms with Gasteiger partial charge in [-0.3, -0.25) is 0 Å². The van der Waals surface area contributed by atoms with Gasteiger partial charge in [0.25, 0.3) is 0 Å². The average Bonchev–Trinajstić information content (AvgIpc) is 3.08. The van der Waals surface area contributed by atoms with Crippen LogP contribution < -0.4 is 0 Å². The lowest BCUT2D eigenvalue weighted by Crippen LogP contribution is -2.51. The van der Waals surface area contributed by atoms with E-state index in [9.17, 15) is 9.90 Å². The Bertz CT molecular complexity index is 585. The van der Waals surface area contributed by atoms with Gasteiger partial charge in [0.1, 0.15) is 6.29 Å². The van der Waals surface area contributed by atoms with Crippen LogP contribution in [0.15, 0.2) is 0 Å². The molecular weight excluding hydrogens is 344 g/mol. The second-order valence-electron chi connectivity index (χ2n) is 12.0. The maximum Gasteiger partial charge on any atom is 0.126 e. The molecule has 4 saturated carbocycles. The summed E-state index contributed by atoms with van der Waals surface area (Å²) in [5.41, 5.74) is -0.360. The van der Waals surface area contributed by atoms with Gasteiger partial charge in [0.15, 0.2) is 0 Å². The van der Waals surface area contributed by atoms with Gasteiger partial charge in [-0.05, 0) is 80.0 Å². The van der Waals surface area contributed by atoms with E-state index < -0.39 is 5.60 Å². The summed E-state index contributed by atoms with van der Waals surface area (Å²) in [5, 5.41) is 11.8. The van der Waals surface area contributed by atoms with Crippen LogP contribution in [-0.4, -0.2) is 17.0 Å². The zero-order valence-corrected chi connectivity index (χ0v) is 18.9. The summed E-state index contributed by atoms with van der Waals surface area (Å²) in [6.45, 7) is 9.57. The molecule has 0 aromatic heterocycles. The monoisotopic (exact) mass is 388 g/mol. The minimum absolute atomic E-state index is 0.0296. The predicted octanol–water partition coefficient (Wildman–Crippen LogP) is 6.40. The maximum atomic E-state index is 12.4. The van der Waals surface area contributed by atoms with Gasteiger partial charge in [-0.2, -0.15) is 0 Å². The third-order valence-corrected chi connectivity index (χ3v) is 10.5. The summed E-state index contributed by atoms with van der Waals surface area (Å²) in [6, 6.07) is 0. The highest BCUT2D eigenvalue weighted by Gasteiger charge is 2.71. The number of rotatable bonds is 6. The number of hydrogen-bond acceptors (Lipinski definition) is 2. The number of fused-ring (bicyclic) bond motifs is 5. The normalized spacial score (nSPS) is 50.3. The standard InChI is InChI=1S/C26H44O2/c1-18(2)9-5-6-10-19-11-12-20-23-21(13-16-24(19,20)3)25(4)14-7-8-15-26(25,28)22(23)17-27/h17-23,28H,5-16H2,1-4H3/t19-,20?,21?,22+,23?,24+,25+,26+/m0/s1. The molecular formula is C26H44O2. The van der Waals surface area contributed by atoms with Gasteiger partial charge in [0.05, 0.1) is 5.60 Å². The van der Waals surface area contributed by atoms with E-state index in [0.717, 1.165) is 31.1 Å². The van der Waals surface area contributed by atoms with Crippen LogP contribution in [0.1, 0.15) is 105 Å². The van der Waals surface area contributed by atoms with E-state index in [1.165, 1.54) is 64.1 Å². The van der Waals surface area contributed by atoms with Crippen LogP contribution in [0.4, 0.5) is 0 Å². The van der Waals surface area contributed by atoms with E-state index in [0.29, 0.717) is 23.2 Å². The van der Waals surface area contributed by atoms with Crippen molar-refractivity contribution in [2.75, 3.05) is 0 Å². The zero-order valence-electron chi connectivity index (χ0n) is 18.9. The minimum atomic E-state index is -0.733. The first kappa shape index (κ1) is 20.9. The molecule has 0 amide bonds. The summed E-state index contributed by atoms with van der Waals surface area (Å²) in [4.78, 5) is 12.4. The molecule has 4 rings (SSSR count). The smallest absolute Gasteiger partial charge is 0.126 e. The predicted molar refractivity (Wildman–Crippen MR) is 115 cm³/mol. The molecule has 2 nitrogen and oxygen atoms in total. The Hall–Kier alpha value is -0.370. The topological polar surface area (TPSA) is 37.3 Å². The van der Waals surface area contributed by atoms with E-state index in [1.54, 1.807) is 0 Å². The molecule has 1 N–H and O–H groups in total. The quantitative estimate of drug-likeness (QED) is 0.422. The zero-order chi connectivity index (χ0) is 20.2. The number of carbonyl (C=O) groups is 1. The molecule has 0 aromatic carbocycles. The molecule has 4 fully saturated rings. The van der Waals surface area contributed by atoms with Crippen molar-refractivity contribution in [2.24, 2.45) is 46.3 Å². The van der Waals surface area contributed by atoms with Crippen molar-refractivity contribution >= 4 is 6.29 Å². The first-order valence-corrected chi connectivity index (χ1v) is 12.5. The first-order valence-electron chi connectivity index (χ1n) is 12.5. The summed E-state index contributed by atoms with van der Waals surface area (Å²) >= 11 is 0. The lowest BCUT2D eigenvalue weighted by molar-refractivity contribution is -0.139. The molecule has 0 bridgehead atoms. The Labute approximate surface area is 173 Å². The molecule has 0 heterocycles. The Balaban J connectivity index is 1.55. The molecule has 8 atom stereocenters. The molecule has 0 aromatic rings. The Morgan fingerprint density at radius 3 is 2.46 bits per heavy atom. The second kappa shape index (κ2) is 7.40. The van der Waals surface area contributed by atoms with E-state index in [-0.39, 0.29) is 11.3 Å². The summed E-state index contributed by atoms with van der Waals surface area (Å²) in [5.74, 6) is 3.19. The van der Waals surface area contributed by atoms with Gasteiger partial charge in [0.2, 0.25) is 0 Å². The summed E-state index contributed by atoms with van der Waals surface area (Å²) in [6.07, 6.45) is 16.2. The molecule has 4 aliphatic carbocycles. The van der Waals surface area contributed by atoms with Gasteiger partial charge >= 0.3 is 0 Å². The van der Waals surface area contributed by atoms with Crippen LogP contribution >= 0.6 is 0 Å². The molecule has 0 radical (unpaired) electrons. The van der Waals surface area contributed by atoms with E-state index >= 15 is 0 Å². The third kappa shape index (κ3) is 2.87. The Morgan fingerprint density at radius 1 is 1.00 bits per heavy atom. The van der Waals surface area contributed by atoms with Crippen LogP contribution in [0, 0.1) is 46.3 Å². The molecule has 160 valence electrons. The fraction of sp³-hybridized carbons (Fsp3) is 0.962. The van der Waals surface area contributed by atoms with Crippen molar-refractivity contribution in [3.8, 4) is 0 Å². The van der Waals surface area contributed by atoms with Gasteiger partial charge < -0.3 is 9.90 Å². The van der Waals surface area contributed by atoms with E-state index in [1.807, 2.05) is 0 Å². The van der Waals surface area contributed by atoms with E-state index in [2.05, 4.69) is 27.7 Å². The number of aliphatic hydroxyl groups is 1. The fourth-order valence-corrected chi connectivity index (χ4v) is 8.93. The van der Waals surface area contributed by atoms with Crippen molar-refractivity contribution in [1.82, 2.24) is 0 Å². The molecule has 4 aliphatic rings. The third-order valence-electron chi connectivity index (χ3n) is 10.5. The van der Waals surface area contributed by atoms with Crippen LogP contribution in [-0.2, 0) is 4.79 Å². The molecule has 0 aliphatic heterocycles. The van der Waals surface area contributed by atoms with Gasteiger partial charge in [-0.25, -0.2) is 0 Å². The van der Waals surface area contributed by atoms with Crippen molar-refractivity contribution in [3.63, 3.8) is 0 Å². The SMILES string of the molecule is CC(C)CCCC[C@H]1CCC2C3C(CC[C@@]21C)[C@@]1(C)CCCC[C@@]1(O)[C@@H]3C=O. The molecule has 0 spiro atoms. The minimum Gasteiger partial charge on any atom is -0.389 e. The summed E-state index contributed by atoms with van der Waals surface area (Å²) in [7, 11) is 0. The lowest BCUT2D eigenvalue weighted by atomic mass is 9.54. The highest BCUT2D eigenvalue weighted by Crippen LogP contribution is 2.72. The van der Waals surface area contributed by atoms with E-state index in [4.69, 9.17) is 0 Å². The van der Waals surface area contributed by atoms with Crippen molar-refractivity contribution in [1.29, 1.82) is 0 Å². The molecule has 3 unspecified atom stereocenters. The number of hydrogen-bond donors (Lipinski definition) is 1. The molecule has 0 saturated heterocycles. The van der Waals surface area contributed by atoms with Gasteiger partial charge in [0, 0.05) is 11.3 Å². The fourth-order valence-electron chi connectivity index (χ4n) is 8.93. The largest absolute Gasteiger partial charge is 0.389 e. The first-order chi connectivity index (χ1) is 13.3. The number of unbranched alkanes of at least 4 members (excludes halogenated alkanes) is 1. The molecule has 2 heteroatoms. The highest BCUT2D eigenvalue weighted by atomic mass is 16.3. The van der Waals surface area contributed by atoms with Gasteiger partial charge in [-0.15, -0.1) is 0 Å². The second-order valence-corrected chi connectivity index (χ2v) is 12.0. The molecule has 28 heavy (non-hydrogen) atoms. The van der Waals surface area contributed by atoms with Crippen LogP contribution in [0.2, 0.25) is 0 Å².